The lowest BCUT2D eigenvalue weighted by Crippen LogP contribution is -2.21. The second-order valence-electron chi connectivity index (χ2n) is 7.50. The molecular weight excluding hydrogens is 415 g/mol. The zero-order valence-corrected chi connectivity index (χ0v) is 16.7. The van der Waals surface area contributed by atoms with E-state index in [0.717, 1.165) is 17.0 Å². The van der Waals surface area contributed by atoms with Crippen molar-refractivity contribution in [1.29, 1.82) is 0 Å². The van der Waals surface area contributed by atoms with E-state index in [1.807, 2.05) is 0 Å². The highest BCUT2D eigenvalue weighted by Gasteiger charge is 2.33. The van der Waals surface area contributed by atoms with Crippen molar-refractivity contribution in [3.8, 4) is 0 Å². The van der Waals surface area contributed by atoms with Crippen molar-refractivity contribution in [3.05, 3.63) is 42.2 Å². The van der Waals surface area contributed by atoms with Gasteiger partial charge in [0.25, 0.3) is 0 Å². The van der Waals surface area contributed by atoms with Crippen molar-refractivity contribution in [1.82, 2.24) is 14.8 Å². The SMILES string of the molecule is CC(C)(O)CCn1cc2cc(N(C=O)c3cccc(C(F)(F)F)n3)cc(NC=O)c2n1. The number of halogens is 3. The van der Waals surface area contributed by atoms with Crippen LogP contribution in [0.4, 0.5) is 30.4 Å². The van der Waals surface area contributed by atoms with E-state index < -0.39 is 17.5 Å². The Bertz CT molecular complexity index is 1110. The first-order valence-electron chi connectivity index (χ1n) is 9.24. The standard InChI is InChI=1S/C20H20F3N5O3/c1-19(2,31)6-7-27-10-13-8-14(9-15(24-11-29)18(13)26-27)28(12-30)17-5-3-4-16(25-17)20(21,22)23/h3-5,8-12,31H,6-7H2,1-2H3,(H,24,29). The van der Waals surface area contributed by atoms with Gasteiger partial charge in [0.2, 0.25) is 12.8 Å². The Kier molecular flexibility index (Phi) is 5.98. The van der Waals surface area contributed by atoms with Gasteiger partial charge >= 0.3 is 6.18 Å². The van der Waals surface area contributed by atoms with E-state index in [4.69, 9.17) is 0 Å². The van der Waals surface area contributed by atoms with Gasteiger partial charge in [0.1, 0.15) is 17.0 Å². The first kappa shape index (κ1) is 22.2. The summed E-state index contributed by atoms with van der Waals surface area (Å²) in [5.41, 5.74) is -1.15. The lowest BCUT2D eigenvalue weighted by molar-refractivity contribution is -0.141. The molecule has 11 heteroatoms. The smallest absolute Gasteiger partial charge is 0.390 e. The Morgan fingerprint density at radius 3 is 2.58 bits per heavy atom. The number of benzene rings is 1. The molecule has 0 saturated heterocycles. The van der Waals surface area contributed by atoms with Gasteiger partial charge in [0, 0.05) is 18.1 Å². The summed E-state index contributed by atoms with van der Waals surface area (Å²) in [6.07, 6.45) is -1.82. The number of amides is 2. The first-order chi connectivity index (χ1) is 14.5. The Morgan fingerprint density at radius 1 is 1.23 bits per heavy atom. The summed E-state index contributed by atoms with van der Waals surface area (Å²) in [5, 5.41) is 17.3. The van der Waals surface area contributed by atoms with E-state index in [2.05, 4.69) is 15.4 Å². The second kappa shape index (κ2) is 8.34. The number of fused-ring (bicyclic) bond motifs is 1. The quantitative estimate of drug-likeness (QED) is 0.528. The summed E-state index contributed by atoms with van der Waals surface area (Å²) >= 11 is 0. The van der Waals surface area contributed by atoms with Crippen LogP contribution >= 0.6 is 0 Å². The van der Waals surface area contributed by atoms with E-state index >= 15 is 0 Å². The maximum Gasteiger partial charge on any atom is 0.433 e. The number of anilines is 3. The minimum atomic E-state index is -4.67. The molecule has 0 aliphatic rings. The average molecular weight is 435 g/mol. The lowest BCUT2D eigenvalue weighted by atomic mass is 10.1. The van der Waals surface area contributed by atoms with Crippen molar-refractivity contribution in [2.45, 2.75) is 38.6 Å². The first-order valence-corrected chi connectivity index (χ1v) is 9.24. The molecule has 2 heterocycles. The van der Waals surface area contributed by atoms with Crippen molar-refractivity contribution < 1.29 is 27.9 Å². The molecule has 0 radical (unpaired) electrons. The number of nitrogens with one attached hydrogen (secondary N) is 1. The van der Waals surface area contributed by atoms with Crippen LogP contribution < -0.4 is 10.2 Å². The Morgan fingerprint density at radius 2 is 1.97 bits per heavy atom. The number of rotatable bonds is 8. The minimum Gasteiger partial charge on any atom is -0.390 e. The van der Waals surface area contributed by atoms with Crippen LogP contribution in [0.25, 0.3) is 10.9 Å². The molecule has 3 rings (SSSR count). The monoisotopic (exact) mass is 435 g/mol. The maximum atomic E-state index is 13.0. The van der Waals surface area contributed by atoms with E-state index in [0.29, 0.717) is 36.7 Å². The summed E-state index contributed by atoms with van der Waals surface area (Å²) in [6, 6.07) is 6.20. The molecule has 0 aliphatic carbocycles. The molecule has 0 aliphatic heterocycles. The van der Waals surface area contributed by atoms with Gasteiger partial charge in [0.05, 0.1) is 17.0 Å². The molecule has 0 saturated carbocycles. The Hall–Kier alpha value is -3.47. The summed E-state index contributed by atoms with van der Waals surface area (Å²) in [5.74, 6) is -0.226. The van der Waals surface area contributed by atoms with Crippen LogP contribution in [0.2, 0.25) is 0 Å². The van der Waals surface area contributed by atoms with Gasteiger partial charge in [0.15, 0.2) is 0 Å². The number of pyridine rings is 1. The number of aliphatic hydroxyl groups is 1. The molecule has 0 bridgehead atoms. The molecule has 0 unspecified atom stereocenters. The molecule has 8 nitrogen and oxygen atoms in total. The molecule has 164 valence electrons. The fourth-order valence-corrected chi connectivity index (χ4v) is 2.95. The van der Waals surface area contributed by atoms with Gasteiger partial charge in [-0.15, -0.1) is 0 Å². The predicted octanol–water partition coefficient (Wildman–Crippen LogP) is 3.47. The van der Waals surface area contributed by atoms with Crippen molar-refractivity contribution in [2.75, 3.05) is 10.2 Å². The molecule has 2 aromatic heterocycles. The van der Waals surface area contributed by atoms with Gasteiger partial charge in [-0.2, -0.15) is 18.3 Å². The van der Waals surface area contributed by atoms with E-state index in [1.54, 1.807) is 30.8 Å². The number of aryl methyl sites for hydroxylation is 1. The molecular formula is C20H20F3N5O3. The zero-order valence-electron chi connectivity index (χ0n) is 16.7. The molecule has 0 spiro atoms. The predicted molar refractivity (Wildman–Crippen MR) is 108 cm³/mol. The molecule has 2 amide bonds. The highest BCUT2D eigenvalue weighted by atomic mass is 19.4. The molecule has 3 aromatic rings. The molecule has 1 aromatic carbocycles. The third-order valence-electron chi connectivity index (χ3n) is 4.46. The van der Waals surface area contributed by atoms with Crippen molar-refractivity contribution in [3.63, 3.8) is 0 Å². The van der Waals surface area contributed by atoms with E-state index in [9.17, 15) is 27.9 Å². The highest BCUT2D eigenvalue weighted by Crippen LogP contribution is 2.34. The van der Waals surface area contributed by atoms with Gasteiger partial charge < -0.3 is 10.4 Å². The summed E-state index contributed by atoms with van der Waals surface area (Å²) in [6.45, 7) is 3.72. The fraction of sp³-hybridized carbons (Fsp3) is 0.300. The average Bonchev–Trinajstić information content (AvgIpc) is 3.10. The van der Waals surface area contributed by atoms with Crippen LogP contribution in [0, 0.1) is 0 Å². The largest absolute Gasteiger partial charge is 0.433 e. The van der Waals surface area contributed by atoms with Crippen LogP contribution in [-0.4, -0.2) is 38.3 Å². The molecule has 0 fully saturated rings. The van der Waals surface area contributed by atoms with Gasteiger partial charge in [-0.3, -0.25) is 19.2 Å². The second-order valence-corrected chi connectivity index (χ2v) is 7.50. The maximum absolute atomic E-state index is 13.0. The Labute approximate surface area is 175 Å². The summed E-state index contributed by atoms with van der Waals surface area (Å²) < 4.78 is 40.6. The summed E-state index contributed by atoms with van der Waals surface area (Å²) in [4.78, 5) is 27.3. The van der Waals surface area contributed by atoms with Crippen molar-refractivity contribution >= 4 is 40.9 Å². The topological polar surface area (TPSA) is 100 Å². The number of hydrogen-bond acceptors (Lipinski definition) is 5. The van der Waals surface area contributed by atoms with Crippen LogP contribution in [0.3, 0.4) is 0 Å². The third kappa shape index (κ3) is 5.18. The molecule has 31 heavy (non-hydrogen) atoms. The molecule has 0 atom stereocenters. The normalized spacial score (nSPS) is 12.1. The fourth-order valence-electron chi connectivity index (χ4n) is 2.95. The van der Waals surface area contributed by atoms with Crippen LogP contribution in [-0.2, 0) is 22.3 Å². The number of nitrogens with zero attached hydrogens (tertiary/aromatic N) is 4. The lowest BCUT2D eigenvalue weighted by Gasteiger charge is -2.18. The number of aromatic nitrogens is 3. The summed E-state index contributed by atoms with van der Waals surface area (Å²) in [7, 11) is 0. The molecule has 2 N–H and O–H groups in total. The van der Waals surface area contributed by atoms with Crippen LogP contribution in [0.1, 0.15) is 26.0 Å². The van der Waals surface area contributed by atoms with Crippen LogP contribution in [0.5, 0.6) is 0 Å². The van der Waals surface area contributed by atoms with E-state index in [1.165, 1.54) is 12.1 Å². The number of carbonyl (C=O) groups is 2. The van der Waals surface area contributed by atoms with Gasteiger partial charge in [-0.25, -0.2) is 4.98 Å². The Balaban J connectivity index is 2.06. The highest BCUT2D eigenvalue weighted by molar-refractivity contribution is 6.00. The zero-order chi connectivity index (χ0) is 22.8. The minimum absolute atomic E-state index is 0.195. The van der Waals surface area contributed by atoms with E-state index in [-0.39, 0.29) is 17.2 Å². The number of alkyl halides is 3. The van der Waals surface area contributed by atoms with Gasteiger partial charge in [-0.05, 0) is 44.5 Å². The third-order valence-corrected chi connectivity index (χ3v) is 4.46. The van der Waals surface area contributed by atoms with Gasteiger partial charge in [-0.1, -0.05) is 6.07 Å². The number of hydrogen-bond donors (Lipinski definition) is 2. The number of carbonyl (C=O) groups excluding carboxylic acids is 2. The van der Waals surface area contributed by atoms with Crippen LogP contribution in [0.15, 0.2) is 36.5 Å². The van der Waals surface area contributed by atoms with Crippen molar-refractivity contribution in [2.24, 2.45) is 0 Å².